The summed E-state index contributed by atoms with van der Waals surface area (Å²) in [5.41, 5.74) is 1.22. The predicted octanol–water partition coefficient (Wildman–Crippen LogP) is 3.55. The van der Waals surface area contributed by atoms with Crippen molar-refractivity contribution in [3.8, 4) is 6.07 Å². The largest absolute Gasteiger partial charge is 0.356 e. The molecule has 0 spiro atoms. The molecule has 0 aliphatic heterocycles. The van der Waals surface area contributed by atoms with Crippen LogP contribution in [-0.4, -0.2) is 16.0 Å². The van der Waals surface area contributed by atoms with Gasteiger partial charge in [-0.1, -0.05) is 53.4 Å². The van der Waals surface area contributed by atoms with E-state index in [0.29, 0.717) is 6.42 Å². The minimum absolute atomic E-state index is 0.602. The molecule has 6 heteroatoms. The number of rotatable bonds is 7. The smallest absolute Gasteiger partial charge is 0.206 e. The van der Waals surface area contributed by atoms with Crippen molar-refractivity contribution in [3.63, 3.8) is 0 Å². The van der Waals surface area contributed by atoms with Gasteiger partial charge < -0.3 is 5.32 Å². The number of hydrogen-bond donors (Lipinski definition) is 1. The zero-order valence-corrected chi connectivity index (χ0v) is 12.0. The van der Waals surface area contributed by atoms with Gasteiger partial charge in [-0.2, -0.15) is 5.26 Å². The van der Waals surface area contributed by atoms with Crippen LogP contribution < -0.4 is 5.32 Å². The molecule has 19 heavy (non-hydrogen) atoms. The fraction of sp³-hybridized carbons (Fsp3) is 0.308. The van der Waals surface area contributed by atoms with Crippen LogP contribution in [-0.2, 0) is 6.54 Å². The molecule has 0 amide bonds. The van der Waals surface area contributed by atoms with Crippen LogP contribution in [0.1, 0.15) is 18.4 Å². The molecule has 2 rings (SSSR count). The third kappa shape index (κ3) is 4.89. The van der Waals surface area contributed by atoms with Crippen LogP contribution >= 0.6 is 23.1 Å². The quantitative estimate of drug-likeness (QED) is 0.624. The highest BCUT2D eigenvalue weighted by molar-refractivity contribution is 8.01. The Kier molecular flexibility index (Phi) is 5.66. The second kappa shape index (κ2) is 7.77. The zero-order chi connectivity index (χ0) is 13.3. The summed E-state index contributed by atoms with van der Waals surface area (Å²) in [5.74, 6) is 0.918. The van der Waals surface area contributed by atoms with E-state index in [1.807, 2.05) is 18.2 Å². The van der Waals surface area contributed by atoms with E-state index in [1.165, 1.54) is 5.56 Å². The first kappa shape index (κ1) is 13.8. The second-order valence-corrected chi connectivity index (χ2v) is 6.14. The highest BCUT2D eigenvalue weighted by Gasteiger charge is 2.04. The standard InChI is InChI=1S/C13H14N4S2/c14-8-4-5-9-18-13-17-16-12(19-13)15-10-11-6-2-1-3-7-11/h1-3,6-7H,4-5,9-10H2,(H,15,16). The van der Waals surface area contributed by atoms with Gasteiger partial charge in [-0.05, 0) is 12.0 Å². The summed E-state index contributed by atoms with van der Waals surface area (Å²) in [6.45, 7) is 0.759. The van der Waals surface area contributed by atoms with Gasteiger partial charge in [0, 0.05) is 18.7 Å². The highest BCUT2D eigenvalue weighted by atomic mass is 32.2. The molecule has 1 aromatic carbocycles. The molecule has 0 saturated carbocycles. The molecule has 98 valence electrons. The number of aromatic nitrogens is 2. The summed E-state index contributed by atoms with van der Waals surface area (Å²) < 4.78 is 0.952. The van der Waals surface area contributed by atoms with Crippen LogP contribution in [0, 0.1) is 11.3 Å². The molecule has 0 unspecified atom stereocenters. The fourth-order valence-electron chi connectivity index (χ4n) is 1.42. The summed E-state index contributed by atoms with van der Waals surface area (Å²) in [5, 5.41) is 20.8. The van der Waals surface area contributed by atoms with Gasteiger partial charge in [0.2, 0.25) is 5.13 Å². The summed E-state index contributed by atoms with van der Waals surface area (Å²) in [7, 11) is 0. The van der Waals surface area contributed by atoms with Crippen molar-refractivity contribution in [2.75, 3.05) is 11.1 Å². The first-order valence-electron chi connectivity index (χ1n) is 5.99. The van der Waals surface area contributed by atoms with Gasteiger partial charge >= 0.3 is 0 Å². The van der Waals surface area contributed by atoms with Crippen molar-refractivity contribution in [2.45, 2.75) is 23.7 Å². The van der Waals surface area contributed by atoms with Crippen molar-refractivity contribution in [2.24, 2.45) is 0 Å². The fourth-order valence-corrected chi connectivity index (χ4v) is 3.18. The summed E-state index contributed by atoms with van der Waals surface area (Å²) in [6, 6.07) is 12.3. The first-order valence-corrected chi connectivity index (χ1v) is 7.80. The molecule has 0 atom stereocenters. The molecule has 0 aliphatic carbocycles. The van der Waals surface area contributed by atoms with Gasteiger partial charge in [-0.3, -0.25) is 0 Å². The van der Waals surface area contributed by atoms with Crippen LogP contribution in [0.25, 0.3) is 0 Å². The third-order valence-electron chi connectivity index (χ3n) is 2.35. The lowest BCUT2D eigenvalue weighted by Crippen LogP contribution is -1.98. The number of anilines is 1. The number of nitrogens with one attached hydrogen (secondary N) is 1. The maximum Gasteiger partial charge on any atom is 0.206 e. The van der Waals surface area contributed by atoms with E-state index in [1.54, 1.807) is 23.1 Å². The lowest BCUT2D eigenvalue weighted by molar-refractivity contribution is 0.968. The van der Waals surface area contributed by atoms with Crippen LogP contribution in [0.5, 0.6) is 0 Å². The van der Waals surface area contributed by atoms with Crippen molar-refractivity contribution in [1.29, 1.82) is 5.26 Å². The Balaban J connectivity index is 1.76. The molecule has 0 aliphatic rings. The van der Waals surface area contributed by atoms with E-state index in [0.717, 1.165) is 28.2 Å². The number of nitriles is 1. The number of nitrogens with zero attached hydrogens (tertiary/aromatic N) is 3. The van der Waals surface area contributed by atoms with Crippen molar-refractivity contribution >= 4 is 28.2 Å². The van der Waals surface area contributed by atoms with E-state index in [-0.39, 0.29) is 0 Å². The second-order valence-electron chi connectivity index (χ2n) is 3.82. The number of hydrogen-bond acceptors (Lipinski definition) is 6. The van der Waals surface area contributed by atoms with Gasteiger partial charge in [0.25, 0.3) is 0 Å². The number of unbranched alkanes of at least 4 members (excludes halogenated alkanes) is 1. The number of benzene rings is 1. The average Bonchev–Trinajstić information content (AvgIpc) is 2.91. The molecular formula is C13H14N4S2. The molecule has 1 N–H and O–H groups in total. The predicted molar refractivity (Wildman–Crippen MR) is 79.2 cm³/mol. The minimum atomic E-state index is 0.602. The van der Waals surface area contributed by atoms with Gasteiger partial charge in [-0.15, -0.1) is 10.2 Å². The topological polar surface area (TPSA) is 61.6 Å². The summed E-state index contributed by atoms with van der Waals surface area (Å²) in [4.78, 5) is 0. The Morgan fingerprint density at radius 1 is 1.26 bits per heavy atom. The molecule has 2 aromatic rings. The number of thioether (sulfide) groups is 1. The monoisotopic (exact) mass is 290 g/mol. The summed E-state index contributed by atoms with van der Waals surface area (Å²) >= 11 is 3.21. The van der Waals surface area contributed by atoms with Gasteiger partial charge in [0.1, 0.15) is 0 Å². The average molecular weight is 290 g/mol. The van der Waals surface area contributed by atoms with Crippen molar-refractivity contribution in [1.82, 2.24) is 10.2 Å². The van der Waals surface area contributed by atoms with Crippen molar-refractivity contribution < 1.29 is 0 Å². The Hall–Kier alpha value is -1.58. The van der Waals surface area contributed by atoms with Gasteiger partial charge in [-0.25, -0.2) is 0 Å². The molecule has 0 fully saturated rings. The minimum Gasteiger partial charge on any atom is -0.356 e. The molecule has 4 nitrogen and oxygen atoms in total. The molecule has 1 aromatic heterocycles. The maximum absolute atomic E-state index is 8.45. The Bertz CT molecular complexity index is 533. The molecule has 0 radical (unpaired) electrons. The van der Waals surface area contributed by atoms with E-state index in [9.17, 15) is 0 Å². The Labute approximate surface area is 120 Å². The maximum atomic E-state index is 8.45. The zero-order valence-electron chi connectivity index (χ0n) is 10.4. The molecule has 1 heterocycles. The van der Waals surface area contributed by atoms with E-state index >= 15 is 0 Å². The lowest BCUT2D eigenvalue weighted by atomic mass is 10.2. The normalized spacial score (nSPS) is 10.1. The van der Waals surface area contributed by atoms with E-state index < -0.39 is 0 Å². The van der Waals surface area contributed by atoms with E-state index in [2.05, 4.69) is 33.7 Å². The molecule has 0 bridgehead atoms. The Morgan fingerprint density at radius 3 is 2.89 bits per heavy atom. The first-order chi connectivity index (χ1) is 9.38. The van der Waals surface area contributed by atoms with Crippen LogP contribution in [0.3, 0.4) is 0 Å². The van der Waals surface area contributed by atoms with Crippen LogP contribution in [0.2, 0.25) is 0 Å². The van der Waals surface area contributed by atoms with Gasteiger partial charge in [0.15, 0.2) is 4.34 Å². The van der Waals surface area contributed by atoms with Crippen LogP contribution in [0.15, 0.2) is 34.7 Å². The third-order valence-corrected chi connectivity index (χ3v) is 4.45. The van der Waals surface area contributed by atoms with Crippen molar-refractivity contribution in [3.05, 3.63) is 35.9 Å². The Morgan fingerprint density at radius 2 is 2.11 bits per heavy atom. The SMILES string of the molecule is N#CCCCSc1nnc(NCc2ccccc2)s1. The lowest BCUT2D eigenvalue weighted by Gasteiger charge is -2.00. The molecular weight excluding hydrogens is 276 g/mol. The van der Waals surface area contributed by atoms with Crippen LogP contribution in [0.4, 0.5) is 5.13 Å². The summed E-state index contributed by atoms with van der Waals surface area (Å²) in [6.07, 6.45) is 1.50. The molecule has 0 saturated heterocycles. The van der Waals surface area contributed by atoms with Gasteiger partial charge in [0.05, 0.1) is 6.07 Å². The highest BCUT2D eigenvalue weighted by Crippen LogP contribution is 2.26. The van der Waals surface area contributed by atoms with E-state index in [4.69, 9.17) is 5.26 Å².